The van der Waals surface area contributed by atoms with Crippen molar-refractivity contribution < 1.29 is 4.52 Å². The average molecular weight is 343 g/mol. The molecule has 1 aromatic carbocycles. The Morgan fingerprint density at radius 1 is 1.04 bits per heavy atom. The monoisotopic (exact) mass is 343 g/mol. The van der Waals surface area contributed by atoms with E-state index in [9.17, 15) is 0 Å². The van der Waals surface area contributed by atoms with Gasteiger partial charge in [-0.25, -0.2) is 9.50 Å². The molecule has 26 heavy (non-hydrogen) atoms. The maximum atomic E-state index is 4.72. The molecule has 0 fully saturated rings. The van der Waals surface area contributed by atoms with Crippen LogP contribution in [-0.4, -0.2) is 30.0 Å². The summed E-state index contributed by atoms with van der Waals surface area (Å²) in [5.41, 5.74) is 3.89. The van der Waals surface area contributed by atoms with E-state index in [2.05, 4.69) is 55.0 Å². The van der Waals surface area contributed by atoms with Crippen LogP contribution in [0, 0.1) is 0 Å². The number of fused-ring (bicyclic) bond motifs is 2. The molecule has 126 valence electrons. The van der Waals surface area contributed by atoms with Gasteiger partial charge in [-0.05, 0) is 29.8 Å². The van der Waals surface area contributed by atoms with Crippen LogP contribution < -0.4 is 5.32 Å². The van der Waals surface area contributed by atoms with E-state index in [1.807, 2.05) is 28.9 Å². The summed E-state index contributed by atoms with van der Waals surface area (Å²) in [5, 5.41) is 16.0. The zero-order valence-electron chi connectivity index (χ0n) is 13.6. The van der Waals surface area contributed by atoms with Gasteiger partial charge in [0.25, 0.3) is 0 Å². The van der Waals surface area contributed by atoms with E-state index in [4.69, 9.17) is 4.52 Å². The third-order valence-corrected chi connectivity index (χ3v) is 4.10. The van der Waals surface area contributed by atoms with Gasteiger partial charge < -0.3 is 9.84 Å². The summed E-state index contributed by atoms with van der Waals surface area (Å²) in [4.78, 5) is 8.85. The maximum absolute atomic E-state index is 4.72. The second-order valence-electron chi connectivity index (χ2n) is 5.86. The minimum Gasteiger partial charge on any atom is -0.343 e. The Morgan fingerprint density at radius 2 is 2.04 bits per heavy atom. The lowest BCUT2D eigenvalue weighted by Crippen LogP contribution is -2.02. The Balaban J connectivity index is 1.49. The molecule has 0 aliphatic heterocycles. The lowest BCUT2D eigenvalue weighted by Gasteiger charge is -2.05. The van der Waals surface area contributed by atoms with E-state index in [1.54, 1.807) is 6.20 Å². The Labute approximate surface area is 147 Å². The van der Waals surface area contributed by atoms with Gasteiger partial charge in [0.1, 0.15) is 0 Å². The van der Waals surface area contributed by atoms with Gasteiger partial charge in [0.15, 0.2) is 23.5 Å². The number of anilines is 2. The van der Waals surface area contributed by atoms with Gasteiger partial charge in [-0.15, -0.1) is 5.10 Å². The van der Waals surface area contributed by atoms with E-state index in [0.29, 0.717) is 18.1 Å². The van der Waals surface area contributed by atoms with E-state index < -0.39 is 0 Å². The second-order valence-corrected chi connectivity index (χ2v) is 5.86. The van der Waals surface area contributed by atoms with Crippen molar-refractivity contribution in [3.63, 3.8) is 0 Å². The third-order valence-electron chi connectivity index (χ3n) is 4.10. The molecule has 5 rings (SSSR count). The molecule has 4 heterocycles. The summed E-state index contributed by atoms with van der Waals surface area (Å²) in [5.74, 6) is 1.13. The Hall–Kier alpha value is -3.81. The molecule has 8 heteroatoms. The number of nitrogens with one attached hydrogen (secondary N) is 1. The van der Waals surface area contributed by atoms with Crippen molar-refractivity contribution in [1.82, 2.24) is 30.0 Å². The second kappa shape index (κ2) is 5.92. The van der Waals surface area contributed by atoms with Crippen LogP contribution in [0.2, 0.25) is 0 Å². The number of hydrogen-bond donors (Lipinski definition) is 1. The number of imidazole rings is 1. The van der Waals surface area contributed by atoms with Crippen LogP contribution in [0.5, 0.6) is 0 Å². The Bertz CT molecular complexity index is 1200. The highest BCUT2D eigenvalue weighted by atomic mass is 16.5. The van der Waals surface area contributed by atoms with Gasteiger partial charge in [0, 0.05) is 23.3 Å². The van der Waals surface area contributed by atoms with Gasteiger partial charge in [0.2, 0.25) is 0 Å². The molecule has 0 radical (unpaired) electrons. The predicted octanol–water partition coefficient (Wildman–Crippen LogP) is 2.99. The van der Waals surface area contributed by atoms with Crippen LogP contribution in [0.25, 0.3) is 16.6 Å². The van der Waals surface area contributed by atoms with Gasteiger partial charge in [-0.1, -0.05) is 23.3 Å². The van der Waals surface area contributed by atoms with Crippen molar-refractivity contribution in [2.75, 3.05) is 5.32 Å². The molecule has 5 aromatic rings. The van der Waals surface area contributed by atoms with Crippen molar-refractivity contribution in [3.05, 3.63) is 72.4 Å². The average Bonchev–Trinajstić information content (AvgIpc) is 3.32. The van der Waals surface area contributed by atoms with Crippen LogP contribution in [0.4, 0.5) is 11.6 Å². The number of nitrogens with zero attached hydrogens (tertiary/aromatic N) is 6. The smallest absolute Gasteiger partial charge is 0.195 e. The predicted molar refractivity (Wildman–Crippen MR) is 95.1 cm³/mol. The highest BCUT2D eigenvalue weighted by Crippen LogP contribution is 2.18. The molecule has 0 saturated heterocycles. The van der Waals surface area contributed by atoms with Crippen molar-refractivity contribution >= 4 is 28.2 Å². The van der Waals surface area contributed by atoms with Gasteiger partial charge in [-0.2, -0.15) is 0 Å². The first-order valence-electron chi connectivity index (χ1n) is 8.06. The first-order valence-corrected chi connectivity index (χ1v) is 8.06. The van der Waals surface area contributed by atoms with Gasteiger partial charge in [0.05, 0.1) is 17.4 Å². The lowest BCUT2D eigenvalue weighted by atomic mass is 10.1. The molecule has 4 aromatic heterocycles. The molecule has 0 amide bonds. The van der Waals surface area contributed by atoms with E-state index in [-0.39, 0.29) is 0 Å². The van der Waals surface area contributed by atoms with Crippen LogP contribution in [0.3, 0.4) is 0 Å². The van der Waals surface area contributed by atoms with Crippen LogP contribution in [0.15, 0.2) is 65.6 Å². The number of pyridine rings is 1. The molecule has 0 bridgehead atoms. The molecule has 0 aliphatic carbocycles. The highest BCUT2D eigenvalue weighted by Gasteiger charge is 2.08. The fourth-order valence-electron chi connectivity index (χ4n) is 2.89. The molecule has 0 saturated carbocycles. The number of benzene rings is 1. The van der Waals surface area contributed by atoms with Crippen molar-refractivity contribution in [1.29, 1.82) is 0 Å². The topological polar surface area (TPSA) is 94.0 Å². The minimum absolute atomic E-state index is 0.499. The Kier molecular flexibility index (Phi) is 3.31. The fourth-order valence-corrected chi connectivity index (χ4v) is 2.89. The molecule has 1 N–H and O–H groups in total. The minimum atomic E-state index is 0.499. The summed E-state index contributed by atoms with van der Waals surface area (Å²) in [6.07, 6.45) is 5.77. The Morgan fingerprint density at radius 3 is 2.96 bits per heavy atom. The zero-order chi connectivity index (χ0) is 17.3. The van der Waals surface area contributed by atoms with Crippen LogP contribution in [0.1, 0.15) is 11.3 Å². The lowest BCUT2D eigenvalue weighted by molar-refractivity contribution is 0.393. The van der Waals surface area contributed by atoms with Crippen LogP contribution in [-0.2, 0) is 6.42 Å². The molecule has 0 atom stereocenters. The number of aromatic nitrogens is 6. The molecular weight excluding hydrogens is 330 g/mol. The van der Waals surface area contributed by atoms with Gasteiger partial charge in [-0.3, -0.25) is 4.98 Å². The summed E-state index contributed by atoms with van der Waals surface area (Å²) in [6.45, 7) is 0. The zero-order valence-corrected chi connectivity index (χ0v) is 13.6. The van der Waals surface area contributed by atoms with Crippen LogP contribution >= 0.6 is 0 Å². The molecular formula is C18H13N7O. The highest BCUT2D eigenvalue weighted by molar-refractivity contribution is 5.78. The van der Waals surface area contributed by atoms with Gasteiger partial charge >= 0.3 is 0 Å². The molecule has 0 unspecified atom stereocenters. The molecule has 0 aliphatic rings. The van der Waals surface area contributed by atoms with E-state index >= 15 is 0 Å². The summed E-state index contributed by atoms with van der Waals surface area (Å²) in [6, 6.07) is 14.0. The fraction of sp³-hybridized carbons (Fsp3) is 0.0556. The third kappa shape index (κ3) is 2.63. The number of rotatable bonds is 4. The first kappa shape index (κ1) is 14.5. The standard InChI is InChI=1S/C18H13N7O/c1-2-13-4-3-12(9-15(13)19-7-1)8-14-10-20-18-6-5-16(23-25(14)18)21-17-11-26-24-22-17/h1-7,9-11H,8H2,(H,21,23). The van der Waals surface area contributed by atoms with Crippen molar-refractivity contribution in [2.24, 2.45) is 0 Å². The molecule has 0 spiro atoms. The summed E-state index contributed by atoms with van der Waals surface area (Å²) < 4.78 is 6.54. The first-order chi connectivity index (χ1) is 12.8. The van der Waals surface area contributed by atoms with Crippen molar-refractivity contribution in [2.45, 2.75) is 6.42 Å². The van der Waals surface area contributed by atoms with Crippen molar-refractivity contribution in [3.8, 4) is 0 Å². The molecule has 8 nitrogen and oxygen atoms in total. The number of hydrogen-bond acceptors (Lipinski definition) is 7. The normalized spacial score (nSPS) is 11.2. The van der Waals surface area contributed by atoms with E-state index in [0.717, 1.165) is 27.8 Å². The SMILES string of the molecule is c1cnc2cc(Cc3cnc4ccc(Nc5conn5)nn34)ccc2c1. The summed E-state index contributed by atoms with van der Waals surface area (Å²) >= 11 is 0. The quantitative estimate of drug-likeness (QED) is 0.536. The summed E-state index contributed by atoms with van der Waals surface area (Å²) in [7, 11) is 0. The van der Waals surface area contributed by atoms with E-state index in [1.165, 1.54) is 6.26 Å². The largest absolute Gasteiger partial charge is 0.343 e. The maximum Gasteiger partial charge on any atom is 0.195 e.